The lowest BCUT2D eigenvalue weighted by Crippen LogP contribution is -2.55. The molecule has 0 N–H and O–H groups in total. The molecule has 2 amide bonds. The van der Waals surface area contributed by atoms with Crippen molar-refractivity contribution in [2.45, 2.75) is 71.0 Å². The summed E-state index contributed by atoms with van der Waals surface area (Å²) in [4.78, 5) is 40.2. The Morgan fingerprint density at radius 1 is 1.20 bits per heavy atom. The second-order valence-corrected chi connectivity index (χ2v) is 10.1. The maximum Gasteiger partial charge on any atom is 0.254 e. The van der Waals surface area contributed by atoms with Gasteiger partial charge in [0.05, 0.1) is 27.8 Å². The normalized spacial score (nSPS) is 30.3. The third-order valence-corrected chi connectivity index (χ3v) is 8.48. The second-order valence-electron chi connectivity index (χ2n) is 9.26. The largest absolute Gasteiger partial charge is 0.335 e. The van der Waals surface area contributed by atoms with Gasteiger partial charge in [-0.25, -0.2) is 4.98 Å². The molecule has 3 fully saturated rings. The number of fused-ring (bicyclic) bond motifs is 1. The first-order valence-corrected chi connectivity index (χ1v) is 11.7. The molecule has 4 heterocycles. The molecule has 1 saturated carbocycles. The monoisotopic (exact) mass is 424 g/mol. The third kappa shape index (κ3) is 2.89. The fraction of sp³-hybridized carbons (Fsp3) is 0.565. The maximum atomic E-state index is 13.7. The van der Waals surface area contributed by atoms with Crippen LogP contribution in [-0.2, 0) is 4.79 Å². The zero-order valence-electron chi connectivity index (χ0n) is 17.8. The van der Waals surface area contributed by atoms with Gasteiger partial charge in [0.1, 0.15) is 0 Å². The Labute approximate surface area is 181 Å². The summed E-state index contributed by atoms with van der Waals surface area (Å²) in [6.07, 6.45) is 7.03. The Hall–Kier alpha value is -2.28. The smallest absolute Gasteiger partial charge is 0.254 e. The van der Waals surface area contributed by atoms with Crippen LogP contribution in [0.3, 0.4) is 0 Å². The van der Waals surface area contributed by atoms with Crippen LogP contribution in [0.2, 0.25) is 0 Å². The molecule has 2 aliphatic heterocycles. The number of pyridine rings is 1. The number of rotatable bonds is 2. The lowest BCUT2D eigenvalue weighted by molar-refractivity contribution is -0.132. The number of aromatic nitrogens is 2. The van der Waals surface area contributed by atoms with Crippen molar-refractivity contribution in [3.05, 3.63) is 35.1 Å². The number of nitrogens with zero attached hydrogens (tertiary/aromatic N) is 4. The summed E-state index contributed by atoms with van der Waals surface area (Å²) in [5.41, 5.74) is 4.20. The van der Waals surface area contributed by atoms with E-state index < -0.39 is 0 Å². The van der Waals surface area contributed by atoms with Crippen LogP contribution in [0.1, 0.15) is 62.0 Å². The molecule has 3 aliphatic rings. The molecule has 158 valence electrons. The first-order chi connectivity index (χ1) is 14.4. The topological polar surface area (TPSA) is 66.4 Å². The van der Waals surface area contributed by atoms with Crippen molar-refractivity contribution >= 4 is 23.2 Å². The van der Waals surface area contributed by atoms with Gasteiger partial charge in [-0.3, -0.25) is 14.6 Å². The molecule has 7 heteroatoms. The fourth-order valence-electron chi connectivity index (χ4n) is 6.27. The van der Waals surface area contributed by atoms with E-state index in [0.717, 1.165) is 48.4 Å². The van der Waals surface area contributed by atoms with Crippen LogP contribution in [-0.4, -0.2) is 56.3 Å². The van der Waals surface area contributed by atoms with E-state index in [0.29, 0.717) is 12.1 Å². The van der Waals surface area contributed by atoms with E-state index in [9.17, 15) is 9.59 Å². The maximum absolute atomic E-state index is 13.7. The SMILES string of the molecule is CC(=O)N1[C@@H]2CN(C(=O)c3ccnc(-c4scnc4C)c3)[C@@H]3CCCC[C@H]1[C@]3(C)C2. The van der Waals surface area contributed by atoms with Gasteiger partial charge in [0.25, 0.3) is 5.91 Å². The summed E-state index contributed by atoms with van der Waals surface area (Å²) < 4.78 is 0. The second kappa shape index (κ2) is 7.15. The van der Waals surface area contributed by atoms with E-state index in [1.807, 2.05) is 24.6 Å². The molecule has 2 aromatic heterocycles. The molecule has 2 bridgehead atoms. The van der Waals surface area contributed by atoms with Crippen LogP contribution in [0.15, 0.2) is 23.8 Å². The van der Waals surface area contributed by atoms with Gasteiger partial charge in [-0.1, -0.05) is 19.8 Å². The highest BCUT2D eigenvalue weighted by molar-refractivity contribution is 7.13. The van der Waals surface area contributed by atoms with E-state index in [-0.39, 0.29) is 35.4 Å². The molecule has 1 aliphatic carbocycles. The van der Waals surface area contributed by atoms with Gasteiger partial charge in [-0.05, 0) is 38.3 Å². The molecule has 2 aromatic rings. The lowest BCUT2D eigenvalue weighted by Gasteiger charge is -2.46. The highest BCUT2D eigenvalue weighted by Gasteiger charge is 2.60. The van der Waals surface area contributed by atoms with E-state index in [4.69, 9.17) is 0 Å². The van der Waals surface area contributed by atoms with Gasteiger partial charge >= 0.3 is 0 Å². The number of carbonyl (C=O) groups is 2. The first kappa shape index (κ1) is 19.7. The molecule has 2 saturated heterocycles. The first-order valence-electron chi connectivity index (χ1n) is 10.9. The minimum Gasteiger partial charge on any atom is -0.335 e. The summed E-state index contributed by atoms with van der Waals surface area (Å²) in [5, 5.41) is 0. The van der Waals surface area contributed by atoms with Gasteiger partial charge in [-0.2, -0.15) is 0 Å². The number of carbonyl (C=O) groups excluding carboxylic acids is 2. The van der Waals surface area contributed by atoms with Crippen molar-refractivity contribution < 1.29 is 9.59 Å². The van der Waals surface area contributed by atoms with Crippen molar-refractivity contribution in [3.63, 3.8) is 0 Å². The summed E-state index contributed by atoms with van der Waals surface area (Å²) in [5.74, 6) is 0.211. The van der Waals surface area contributed by atoms with E-state index in [1.165, 1.54) is 0 Å². The molecule has 0 aromatic carbocycles. The lowest BCUT2D eigenvalue weighted by atomic mass is 9.71. The molecule has 5 rings (SSSR count). The van der Waals surface area contributed by atoms with Crippen LogP contribution >= 0.6 is 11.3 Å². The molecular formula is C23H28N4O2S. The van der Waals surface area contributed by atoms with Crippen LogP contribution in [0.25, 0.3) is 10.6 Å². The number of aryl methyl sites for hydroxylation is 1. The number of hydrogen-bond acceptors (Lipinski definition) is 5. The molecule has 4 atom stereocenters. The third-order valence-electron chi connectivity index (χ3n) is 7.53. The molecule has 0 unspecified atom stereocenters. The zero-order valence-corrected chi connectivity index (χ0v) is 18.6. The average molecular weight is 425 g/mol. The minimum absolute atomic E-state index is 0.0229. The predicted molar refractivity (Wildman–Crippen MR) is 116 cm³/mol. The number of likely N-dealkylation sites (tertiary alicyclic amines) is 2. The number of thiazole rings is 1. The van der Waals surface area contributed by atoms with Gasteiger partial charge in [-0.15, -0.1) is 11.3 Å². The molecule has 0 spiro atoms. The highest BCUT2D eigenvalue weighted by Crippen LogP contribution is 2.53. The number of hydrogen-bond donors (Lipinski definition) is 0. The summed E-state index contributed by atoms with van der Waals surface area (Å²) in [6.45, 7) is 6.59. The highest BCUT2D eigenvalue weighted by atomic mass is 32.1. The van der Waals surface area contributed by atoms with Crippen LogP contribution in [0.5, 0.6) is 0 Å². The molecular weight excluding hydrogens is 396 g/mol. The Bertz CT molecular complexity index is 1000. The Morgan fingerprint density at radius 2 is 1.97 bits per heavy atom. The van der Waals surface area contributed by atoms with Crippen molar-refractivity contribution in [2.24, 2.45) is 5.41 Å². The molecule has 30 heavy (non-hydrogen) atoms. The van der Waals surface area contributed by atoms with Crippen molar-refractivity contribution in [1.82, 2.24) is 19.8 Å². The number of amides is 2. The van der Waals surface area contributed by atoms with Crippen LogP contribution in [0.4, 0.5) is 0 Å². The van der Waals surface area contributed by atoms with E-state index >= 15 is 0 Å². The van der Waals surface area contributed by atoms with Gasteiger partial charge in [0.15, 0.2) is 0 Å². The Morgan fingerprint density at radius 3 is 2.67 bits per heavy atom. The Kier molecular flexibility index (Phi) is 4.69. The van der Waals surface area contributed by atoms with Gasteiger partial charge in [0, 0.05) is 42.7 Å². The fourth-order valence-corrected chi connectivity index (χ4v) is 7.04. The summed E-state index contributed by atoms with van der Waals surface area (Å²) in [6, 6.07) is 4.27. The van der Waals surface area contributed by atoms with Crippen molar-refractivity contribution in [3.8, 4) is 10.6 Å². The standard InChI is InChI=1S/C23H28N4O2S/c1-14-21(30-13-25-14)18-10-16(8-9-24-18)22(29)26-12-17-11-23(3)19(26)6-4-5-7-20(23)27(17)15(2)28/h8-10,13,17,19-20H,4-7,11-12H2,1-3H3/t17-,19+,20-,23+/m0/s1. The van der Waals surface area contributed by atoms with Gasteiger partial charge < -0.3 is 9.80 Å². The quantitative estimate of drug-likeness (QED) is 0.733. The minimum atomic E-state index is -0.0229. The van der Waals surface area contributed by atoms with Crippen molar-refractivity contribution in [2.75, 3.05) is 6.54 Å². The van der Waals surface area contributed by atoms with Crippen molar-refractivity contribution in [1.29, 1.82) is 0 Å². The van der Waals surface area contributed by atoms with E-state index in [2.05, 4.69) is 26.7 Å². The van der Waals surface area contributed by atoms with Crippen LogP contribution in [0, 0.1) is 12.3 Å². The van der Waals surface area contributed by atoms with Crippen LogP contribution < -0.4 is 0 Å². The summed E-state index contributed by atoms with van der Waals surface area (Å²) in [7, 11) is 0. The molecule has 0 radical (unpaired) electrons. The van der Waals surface area contributed by atoms with Gasteiger partial charge in [0.2, 0.25) is 5.91 Å². The predicted octanol–water partition coefficient (Wildman–Crippen LogP) is 3.91. The zero-order chi connectivity index (χ0) is 21.0. The average Bonchev–Trinajstić information content (AvgIpc) is 3.20. The summed E-state index contributed by atoms with van der Waals surface area (Å²) >= 11 is 1.55. The Balaban J connectivity index is 1.51. The molecule has 6 nitrogen and oxygen atoms in total. The number of piperidine rings is 1. The van der Waals surface area contributed by atoms with E-state index in [1.54, 1.807) is 24.5 Å².